The van der Waals surface area contributed by atoms with Gasteiger partial charge in [0.15, 0.2) is 0 Å². The van der Waals surface area contributed by atoms with E-state index in [9.17, 15) is 0 Å². The zero-order valence-electron chi connectivity index (χ0n) is 12.0. The van der Waals surface area contributed by atoms with Gasteiger partial charge in [-0.1, -0.05) is 12.2 Å². The molecule has 106 valence electrons. The monoisotopic (exact) mass is 264 g/mol. The summed E-state index contributed by atoms with van der Waals surface area (Å²) in [5.41, 5.74) is 1.30. The van der Waals surface area contributed by atoms with Gasteiger partial charge in [-0.3, -0.25) is 0 Å². The third kappa shape index (κ3) is 4.51. The number of methoxy groups -OCH3 is 1. The van der Waals surface area contributed by atoms with Gasteiger partial charge in [0, 0.05) is 20.0 Å². The van der Waals surface area contributed by atoms with Crippen molar-refractivity contribution >= 4 is 0 Å². The lowest BCUT2D eigenvalue weighted by molar-refractivity contribution is -0.0579. The maximum atomic E-state index is 5.91. The number of ether oxygens (including phenoxy) is 2. The number of fused-ring (bicyclic) bond motifs is 2. The SMILES string of the molecule is COCO[C@@H]1/C=C\CCCc2oc(cc2C)CCC1. The first-order chi connectivity index (χ1) is 9.29. The van der Waals surface area contributed by atoms with Crippen LogP contribution in [-0.2, 0) is 22.3 Å². The molecule has 0 unspecified atom stereocenters. The Balaban J connectivity index is 1.97. The van der Waals surface area contributed by atoms with Gasteiger partial charge in [0.25, 0.3) is 0 Å². The van der Waals surface area contributed by atoms with Gasteiger partial charge in [0.1, 0.15) is 18.3 Å². The first-order valence-electron chi connectivity index (χ1n) is 7.15. The fourth-order valence-electron chi connectivity index (χ4n) is 2.46. The second-order valence-corrected chi connectivity index (χ2v) is 5.14. The smallest absolute Gasteiger partial charge is 0.147 e. The van der Waals surface area contributed by atoms with Crippen molar-refractivity contribution < 1.29 is 13.9 Å². The van der Waals surface area contributed by atoms with Crippen LogP contribution in [0.25, 0.3) is 0 Å². The number of hydrogen-bond acceptors (Lipinski definition) is 3. The van der Waals surface area contributed by atoms with Crippen LogP contribution >= 0.6 is 0 Å². The molecule has 2 rings (SSSR count). The molecular formula is C16H24O3. The number of furan rings is 1. The van der Waals surface area contributed by atoms with E-state index in [4.69, 9.17) is 13.9 Å². The highest BCUT2D eigenvalue weighted by Crippen LogP contribution is 2.20. The Labute approximate surface area is 115 Å². The molecule has 3 heteroatoms. The van der Waals surface area contributed by atoms with Gasteiger partial charge in [-0.25, -0.2) is 0 Å². The minimum Gasteiger partial charge on any atom is -0.466 e. The predicted octanol–water partition coefficient (Wildman–Crippen LogP) is 3.79. The molecule has 2 heterocycles. The van der Waals surface area contributed by atoms with Crippen LogP contribution in [0.2, 0.25) is 0 Å². The van der Waals surface area contributed by atoms with Gasteiger partial charge >= 0.3 is 0 Å². The van der Waals surface area contributed by atoms with E-state index < -0.39 is 0 Å². The number of rotatable bonds is 3. The zero-order chi connectivity index (χ0) is 13.5. The average molecular weight is 264 g/mol. The highest BCUT2D eigenvalue weighted by Gasteiger charge is 2.10. The van der Waals surface area contributed by atoms with E-state index in [0.29, 0.717) is 6.79 Å². The van der Waals surface area contributed by atoms with Crippen LogP contribution in [0.4, 0.5) is 0 Å². The summed E-state index contributed by atoms with van der Waals surface area (Å²) in [5.74, 6) is 2.28. The molecule has 1 aromatic heterocycles. The minimum atomic E-state index is 0.162. The molecular weight excluding hydrogens is 240 g/mol. The van der Waals surface area contributed by atoms with Crippen molar-refractivity contribution in [1.82, 2.24) is 0 Å². The van der Waals surface area contributed by atoms with Crippen molar-refractivity contribution in [2.75, 3.05) is 13.9 Å². The molecule has 1 atom stereocenters. The highest BCUT2D eigenvalue weighted by molar-refractivity contribution is 5.20. The van der Waals surface area contributed by atoms with Gasteiger partial charge in [0.05, 0.1) is 6.10 Å². The summed E-state index contributed by atoms with van der Waals surface area (Å²) in [5, 5.41) is 0. The highest BCUT2D eigenvalue weighted by atomic mass is 16.7. The molecule has 0 amide bonds. The number of hydrogen-bond donors (Lipinski definition) is 0. The Hall–Kier alpha value is -1.06. The van der Waals surface area contributed by atoms with Crippen LogP contribution in [-0.4, -0.2) is 20.0 Å². The summed E-state index contributed by atoms with van der Waals surface area (Å²) in [6.07, 6.45) is 10.9. The Morgan fingerprint density at radius 1 is 1.32 bits per heavy atom. The van der Waals surface area contributed by atoms with Crippen LogP contribution in [0.1, 0.15) is 42.8 Å². The average Bonchev–Trinajstić information content (AvgIpc) is 2.74. The molecule has 1 aliphatic heterocycles. The van der Waals surface area contributed by atoms with E-state index in [1.807, 2.05) is 0 Å². The van der Waals surface area contributed by atoms with Crippen LogP contribution in [0.5, 0.6) is 0 Å². The van der Waals surface area contributed by atoms with Crippen molar-refractivity contribution in [3.63, 3.8) is 0 Å². The molecule has 0 fully saturated rings. The summed E-state index contributed by atoms with van der Waals surface area (Å²) in [7, 11) is 1.66. The van der Waals surface area contributed by atoms with Crippen LogP contribution in [0.3, 0.4) is 0 Å². The lowest BCUT2D eigenvalue weighted by Crippen LogP contribution is -2.12. The maximum Gasteiger partial charge on any atom is 0.147 e. The largest absolute Gasteiger partial charge is 0.466 e. The fraction of sp³-hybridized carbons (Fsp3) is 0.625. The molecule has 0 aliphatic carbocycles. The molecule has 0 aromatic carbocycles. The molecule has 0 N–H and O–H groups in total. The number of aryl methyl sites for hydroxylation is 3. The van der Waals surface area contributed by atoms with Gasteiger partial charge in [-0.15, -0.1) is 0 Å². The van der Waals surface area contributed by atoms with Crippen LogP contribution in [0, 0.1) is 6.92 Å². The topological polar surface area (TPSA) is 31.6 Å². The van der Waals surface area contributed by atoms with Crippen molar-refractivity contribution in [2.24, 2.45) is 0 Å². The molecule has 3 nitrogen and oxygen atoms in total. The molecule has 0 saturated heterocycles. The quantitative estimate of drug-likeness (QED) is 0.615. The Morgan fingerprint density at radius 2 is 2.21 bits per heavy atom. The van der Waals surface area contributed by atoms with Gasteiger partial charge in [-0.05, 0) is 44.2 Å². The second-order valence-electron chi connectivity index (χ2n) is 5.14. The molecule has 0 radical (unpaired) electrons. The summed E-state index contributed by atoms with van der Waals surface area (Å²) in [6, 6.07) is 2.19. The number of allylic oxidation sites excluding steroid dienone is 1. The second kappa shape index (κ2) is 7.51. The Kier molecular flexibility index (Phi) is 5.67. The minimum absolute atomic E-state index is 0.162. The summed E-state index contributed by atoms with van der Waals surface area (Å²) < 4.78 is 16.6. The summed E-state index contributed by atoms with van der Waals surface area (Å²) >= 11 is 0. The van der Waals surface area contributed by atoms with Crippen molar-refractivity contribution in [2.45, 2.75) is 51.6 Å². The standard InChI is InChI=1S/C16H24O3/c1-13-11-15-9-6-8-14(18-12-17-2)7-4-3-5-10-16(13)19-15/h4,7,11,14H,3,5-6,8-10,12H2,1-2H3/b7-4-/t14-/m1/s1. The molecule has 1 aliphatic rings. The van der Waals surface area contributed by atoms with E-state index in [1.54, 1.807) is 7.11 Å². The first kappa shape index (κ1) is 14.4. The molecule has 0 spiro atoms. The van der Waals surface area contributed by atoms with E-state index >= 15 is 0 Å². The molecule has 2 bridgehead atoms. The molecule has 0 saturated carbocycles. The third-order valence-corrected chi connectivity index (χ3v) is 3.51. The van der Waals surface area contributed by atoms with E-state index in [-0.39, 0.29) is 6.10 Å². The van der Waals surface area contributed by atoms with E-state index in [0.717, 1.165) is 50.0 Å². The van der Waals surface area contributed by atoms with Gasteiger partial charge in [0.2, 0.25) is 0 Å². The lowest BCUT2D eigenvalue weighted by atomic mass is 10.1. The lowest BCUT2D eigenvalue weighted by Gasteiger charge is -2.13. The Bertz CT molecular complexity index is 406. The Morgan fingerprint density at radius 3 is 3.05 bits per heavy atom. The zero-order valence-corrected chi connectivity index (χ0v) is 12.0. The van der Waals surface area contributed by atoms with Crippen molar-refractivity contribution in [1.29, 1.82) is 0 Å². The first-order valence-corrected chi connectivity index (χ1v) is 7.15. The van der Waals surface area contributed by atoms with Crippen molar-refractivity contribution in [3.05, 3.63) is 35.3 Å². The van der Waals surface area contributed by atoms with Crippen molar-refractivity contribution in [3.8, 4) is 0 Å². The van der Waals surface area contributed by atoms with E-state index in [2.05, 4.69) is 25.1 Å². The van der Waals surface area contributed by atoms with E-state index in [1.165, 1.54) is 5.56 Å². The predicted molar refractivity (Wildman–Crippen MR) is 75.2 cm³/mol. The van der Waals surface area contributed by atoms with Gasteiger partial charge in [-0.2, -0.15) is 0 Å². The molecule has 19 heavy (non-hydrogen) atoms. The third-order valence-electron chi connectivity index (χ3n) is 3.51. The molecule has 1 aromatic rings. The van der Waals surface area contributed by atoms with Crippen LogP contribution < -0.4 is 0 Å². The summed E-state index contributed by atoms with van der Waals surface area (Å²) in [6.45, 7) is 2.50. The van der Waals surface area contributed by atoms with Gasteiger partial charge < -0.3 is 13.9 Å². The fourth-order valence-corrected chi connectivity index (χ4v) is 2.46. The normalized spacial score (nSPS) is 22.5. The van der Waals surface area contributed by atoms with Crippen LogP contribution in [0.15, 0.2) is 22.6 Å². The summed E-state index contributed by atoms with van der Waals surface area (Å²) in [4.78, 5) is 0. The maximum absolute atomic E-state index is 5.91.